The van der Waals surface area contributed by atoms with Crippen LogP contribution in [-0.2, 0) is 0 Å². The molecule has 2 N–H and O–H groups in total. The molecule has 0 saturated heterocycles. The second-order valence-electron chi connectivity index (χ2n) is 5.53. The fourth-order valence-electron chi connectivity index (χ4n) is 2.24. The summed E-state index contributed by atoms with van der Waals surface area (Å²) in [5.41, 5.74) is 4.66. The van der Waals surface area contributed by atoms with Crippen molar-refractivity contribution in [1.82, 2.24) is 0 Å². The Balaban J connectivity index is 2.24. The third-order valence-corrected chi connectivity index (χ3v) is 3.50. The number of amides is 1. The number of carbonyl (C=O) groups is 1. The van der Waals surface area contributed by atoms with E-state index in [4.69, 9.17) is 0 Å². The van der Waals surface area contributed by atoms with Crippen molar-refractivity contribution in [3.8, 4) is 0 Å². The van der Waals surface area contributed by atoms with Gasteiger partial charge in [-0.15, -0.1) is 0 Å². The summed E-state index contributed by atoms with van der Waals surface area (Å²) in [5.74, 6) is 0.342. The van der Waals surface area contributed by atoms with Crippen LogP contribution in [0.4, 0.5) is 11.4 Å². The second kappa shape index (κ2) is 6.44. The van der Waals surface area contributed by atoms with E-state index in [1.807, 2.05) is 50.4 Å². The van der Waals surface area contributed by atoms with E-state index in [0.717, 1.165) is 16.9 Å². The molecular formula is C18H22N2O. The van der Waals surface area contributed by atoms with Crippen LogP contribution in [0, 0.1) is 6.92 Å². The van der Waals surface area contributed by atoms with Crippen LogP contribution < -0.4 is 10.6 Å². The molecule has 2 aromatic carbocycles. The van der Waals surface area contributed by atoms with E-state index in [1.165, 1.54) is 5.56 Å². The molecule has 1 amide bonds. The molecule has 0 bridgehead atoms. The third-order valence-electron chi connectivity index (χ3n) is 3.50. The first-order valence-electron chi connectivity index (χ1n) is 7.21. The molecule has 2 rings (SSSR count). The molecule has 2 aromatic rings. The fraction of sp³-hybridized carbons (Fsp3) is 0.278. The van der Waals surface area contributed by atoms with Gasteiger partial charge in [0.05, 0.1) is 5.56 Å². The number of anilines is 2. The minimum atomic E-state index is -0.0970. The first kappa shape index (κ1) is 15.1. The summed E-state index contributed by atoms with van der Waals surface area (Å²) in [6.45, 7) is 6.29. The fourth-order valence-corrected chi connectivity index (χ4v) is 2.24. The van der Waals surface area contributed by atoms with Gasteiger partial charge in [0, 0.05) is 18.4 Å². The van der Waals surface area contributed by atoms with Gasteiger partial charge in [-0.05, 0) is 48.2 Å². The topological polar surface area (TPSA) is 41.1 Å². The molecule has 0 saturated carbocycles. The van der Waals surface area contributed by atoms with Crippen LogP contribution in [-0.4, -0.2) is 13.0 Å². The van der Waals surface area contributed by atoms with Gasteiger partial charge in [-0.1, -0.05) is 32.0 Å². The van der Waals surface area contributed by atoms with Gasteiger partial charge < -0.3 is 10.6 Å². The third kappa shape index (κ3) is 3.63. The van der Waals surface area contributed by atoms with Crippen LogP contribution in [0.1, 0.15) is 41.3 Å². The maximum Gasteiger partial charge on any atom is 0.257 e. The average molecular weight is 282 g/mol. The number of aryl methyl sites for hydroxylation is 1. The number of rotatable bonds is 4. The lowest BCUT2D eigenvalue weighted by Crippen LogP contribution is -2.14. The van der Waals surface area contributed by atoms with E-state index in [-0.39, 0.29) is 5.91 Å². The predicted octanol–water partition coefficient (Wildman–Crippen LogP) is 4.41. The Labute approximate surface area is 126 Å². The second-order valence-corrected chi connectivity index (χ2v) is 5.53. The van der Waals surface area contributed by atoms with E-state index in [1.54, 1.807) is 0 Å². The van der Waals surface area contributed by atoms with Crippen LogP contribution >= 0.6 is 0 Å². The molecule has 0 aliphatic rings. The lowest BCUT2D eigenvalue weighted by atomic mass is 10.0. The van der Waals surface area contributed by atoms with Gasteiger partial charge in [0.25, 0.3) is 5.91 Å². The molecule has 0 fully saturated rings. The van der Waals surface area contributed by atoms with E-state index in [0.29, 0.717) is 11.5 Å². The Bertz CT molecular complexity index is 647. The van der Waals surface area contributed by atoms with Crippen molar-refractivity contribution >= 4 is 17.3 Å². The number of carbonyl (C=O) groups excluding carboxylic acids is 1. The van der Waals surface area contributed by atoms with Gasteiger partial charge in [-0.3, -0.25) is 4.79 Å². The Morgan fingerprint density at radius 2 is 1.86 bits per heavy atom. The SMILES string of the molecule is CNc1cc(C)ccc1C(=O)Nc1cccc(C(C)C)c1. The van der Waals surface area contributed by atoms with E-state index in [2.05, 4.69) is 30.5 Å². The standard InChI is InChI=1S/C18H22N2O/c1-12(2)14-6-5-7-15(11-14)20-18(21)16-9-8-13(3)10-17(16)19-4/h5-12,19H,1-4H3,(H,20,21). The summed E-state index contributed by atoms with van der Waals surface area (Å²) < 4.78 is 0. The Morgan fingerprint density at radius 3 is 2.52 bits per heavy atom. The molecular weight excluding hydrogens is 260 g/mol. The zero-order valence-corrected chi connectivity index (χ0v) is 13.0. The molecule has 0 heterocycles. The lowest BCUT2D eigenvalue weighted by Gasteiger charge is -2.12. The van der Waals surface area contributed by atoms with Gasteiger partial charge >= 0.3 is 0 Å². The van der Waals surface area contributed by atoms with Crippen molar-refractivity contribution in [2.75, 3.05) is 17.7 Å². The number of hydrogen-bond donors (Lipinski definition) is 2. The van der Waals surface area contributed by atoms with Gasteiger partial charge in [0.1, 0.15) is 0 Å². The molecule has 3 heteroatoms. The zero-order valence-electron chi connectivity index (χ0n) is 13.0. The monoisotopic (exact) mass is 282 g/mol. The number of hydrogen-bond acceptors (Lipinski definition) is 2. The minimum Gasteiger partial charge on any atom is -0.387 e. The van der Waals surface area contributed by atoms with Gasteiger partial charge in [-0.2, -0.15) is 0 Å². The van der Waals surface area contributed by atoms with Gasteiger partial charge in [-0.25, -0.2) is 0 Å². The number of benzene rings is 2. The van der Waals surface area contributed by atoms with Crippen LogP contribution in [0.25, 0.3) is 0 Å². The highest BCUT2D eigenvalue weighted by atomic mass is 16.1. The molecule has 3 nitrogen and oxygen atoms in total. The molecule has 0 aliphatic heterocycles. The molecule has 0 unspecified atom stereocenters. The molecule has 0 atom stereocenters. The Hall–Kier alpha value is -2.29. The van der Waals surface area contributed by atoms with Crippen LogP contribution in [0.3, 0.4) is 0 Å². The largest absolute Gasteiger partial charge is 0.387 e. The normalized spacial score (nSPS) is 10.5. The highest BCUT2D eigenvalue weighted by Gasteiger charge is 2.11. The van der Waals surface area contributed by atoms with E-state index < -0.39 is 0 Å². The van der Waals surface area contributed by atoms with Crippen LogP contribution in [0.5, 0.6) is 0 Å². The molecule has 0 radical (unpaired) electrons. The smallest absolute Gasteiger partial charge is 0.257 e. The first-order chi connectivity index (χ1) is 10.0. The van der Waals surface area contributed by atoms with E-state index >= 15 is 0 Å². The lowest BCUT2D eigenvalue weighted by molar-refractivity contribution is 0.102. The molecule has 0 spiro atoms. The van der Waals surface area contributed by atoms with Crippen molar-refractivity contribution in [2.24, 2.45) is 0 Å². The quantitative estimate of drug-likeness (QED) is 0.872. The molecule has 21 heavy (non-hydrogen) atoms. The number of nitrogens with one attached hydrogen (secondary N) is 2. The summed E-state index contributed by atoms with van der Waals surface area (Å²) in [6, 6.07) is 13.7. The van der Waals surface area contributed by atoms with Crippen molar-refractivity contribution in [3.63, 3.8) is 0 Å². The minimum absolute atomic E-state index is 0.0970. The zero-order chi connectivity index (χ0) is 15.4. The van der Waals surface area contributed by atoms with Crippen molar-refractivity contribution in [1.29, 1.82) is 0 Å². The molecule has 0 aromatic heterocycles. The van der Waals surface area contributed by atoms with Crippen LogP contribution in [0.2, 0.25) is 0 Å². The van der Waals surface area contributed by atoms with Crippen LogP contribution in [0.15, 0.2) is 42.5 Å². The molecule has 0 aliphatic carbocycles. The summed E-state index contributed by atoms with van der Waals surface area (Å²) in [5, 5.41) is 6.04. The highest BCUT2D eigenvalue weighted by Crippen LogP contribution is 2.21. The maximum absolute atomic E-state index is 12.4. The van der Waals surface area contributed by atoms with Crippen molar-refractivity contribution in [2.45, 2.75) is 26.7 Å². The summed E-state index contributed by atoms with van der Waals surface area (Å²) in [6.07, 6.45) is 0. The Morgan fingerprint density at radius 1 is 1.10 bits per heavy atom. The first-order valence-corrected chi connectivity index (χ1v) is 7.21. The van der Waals surface area contributed by atoms with Crippen molar-refractivity contribution < 1.29 is 4.79 Å². The summed E-state index contributed by atoms with van der Waals surface area (Å²) >= 11 is 0. The summed E-state index contributed by atoms with van der Waals surface area (Å²) in [7, 11) is 1.82. The predicted molar refractivity (Wildman–Crippen MR) is 89.2 cm³/mol. The molecule has 110 valence electrons. The average Bonchev–Trinajstić information content (AvgIpc) is 2.47. The summed E-state index contributed by atoms with van der Waals surface area (Å²) in [4.78, 5) is 12.4. The maximum atomic E-state index is 12.4. The van der Waals surface area contributed by atoms with E-state index in [9.17, 15) is 4.79 Å². The van der Waals surface area contributed by atoms with Gasteiger partial charge in [0.15, 0.2) is 0 Å². The van der Waals surface area contributed by atoms with Crippen molar-refractivity contribution in [3.05, 3.63) is 59.2 Å². The van der Waals surface area contributed by atoms with Gasteiger partial charge in [0.2, 0.25) is 0 Å². The highest BCUT2D eigenvalue weighted by molar-refractivity contribution is 6.08. The Kier molecular flexibility index (Phi) is 4.63.